The Morgan fingerprint density at radius 1 is 0.330 bits per heavy atom. The number of hydrogen-bond donors (Lipinski definition) is 0. The molecule has 0 amide bonds. The van der Waals surface area contributed by atoms with Gasteiger partial charge in [0.25, 0.3) is 20.1 Å². The van der Waals surface area contributed by atoms with Crippen LogP contribution in [0.4, 0.5) is 95.1 Å². The Labute approximate surface area is 501 Å². The molecule has 88 heavy (non-hydrogen) atoms. The van der Waals surface area contributed by atoms with Crippen LogP contribution in [0, 0.1) is 78.9 Å². The number of anilines is 9. The van der Waals surface area contributed by atoms with Crippen molar-refractivity contribution < 1.29 is 58.1 Å². The second kappa shape index (κ2) is 17.8. The Hall–Kier alpha value is -9.59. The van der Waals surface area contributed by atoms with E-state index in [1.54, 1.807) is 69.3 Å². The summed E-state index contributed by atoms with van der Waals surface area (Å²) in [6.07, 6.45) is 0. The van der Waals surface area contributed by atoms with Crippen molar-refractivity contribution in [3.63, 3.8) is 0 Å². The molecule has 18 rings (SSSR count). The zero-order valence-electron chi connectivity index (χ0n) is 45.7. The Kier molecular flexibility index (Phi) is 10.4. The third-order valence-corrected chi connectivity index (χ3v) is 20.1. The minimum Gasteiger partial charge on any atom is -0.458 e. The van der Waals surface area contributed by atoms with E-state index in [2.05, 4.69) is 0 Å². The SMILES string of the molecule is Cc1cc2c3c(c1)N(c1c(F)cccc1F)c1cc4c(cc1B3c1cc3c(cc1O2)N(c1c(F)cccc1F)c1cc(C)cc2c1B3c1sc3cc(F)cc(F)c3c1O2)B1c2sc3cc(F)cc(F)c3c2Oc2cc(C)cc(c21)N4c1c(F)cccc1F. The summed E-state index contributed by atoms with van der Waals surface area (Å²) in [5.41, 5.74) is 4.83. The molecule has 8 heterocycles. The van der Waals surface area contributed by atoms with Crippen molar-refractivity contribution in [1.82, 2.24) is 0 Å². The molecule has 12 aromatic rings. The van der Waals surface area contributed by atoms with Crippen LogP contribution in [0.25, 0.3) is 20.2 Å². The van der Waals surface area contributed by atoms with Crippen molar-refractivity contribution in [3.05, 3.63) is 214 Å². The monoisotopic (exact) mass is 1210 g/mol. The lowest BCUT2D eigenvalue weighted by atomic mass is 9.30. The maximum absolute atomic E-state index is 17.1. The maximum Gasteiger partial charge on any atom is 0.268 e. The quantitative estimate of drug-likeness (QED) is 0.130. The van der Waals surface area contributed by atoms with E-state index in [9.17, 15) is 0 Å². The van der Waals surface area contributed by atoms with Crippen molar-refractivity contribution in [3.8, 4) is 34.5 Å². The smallest absolute Gasteiger partial charge is 0.268 e. The Balaban J connectivity index is 0.976. The van der Waals surface area contributed by atoms with Crippen LogP contribution in [0.5, 0.6) is 34.5 Å². The minimum absolute atomic E-state index is 0.0162. The lowest BCUT2D eigenvalue weighted by Gasteiger charge is -2.45. The van der Waals surface area contributed by atoms with Crippen LogP contribution in [0.1, 0.15) is 16.7 Å². The molecule has 424 valence electrons. The van der Waals surface area contributed by atoms with E-state index in [-0.39, 0.29) is 83.1 Å². The fourth-order valence-corrected chi connectivity index (χ4v) is 17.1. The number of nitrogens with zero attached hydrogens (tertiary/aromatic N) is 3. The van der Waals surface area contributed by atoms with E-state index < -0.39 is 95.4 Å². The minimum atomic E-state index is -0.984. The van der Waals surface area contributed by atoms with Crippen LogP contribution >= 0.6 is 22.7 Å². The number of ether oxygens (including phenoxy) is 3. The first-order valence-corrected chi connectivity index (χ1v) is 29.5. The van der Waals surface area contributed by atoms with Gasteiger partial charge in [0, 0.05) is 71.3 Å². The molecule has 0 radical (unpaired) electrons. The number of fused-ring (bicyclic) bond motifs is 16. The van der Waals surface area contributed by atoms with Gasteiger partial charge in [-0.2, -0.15) is 0 Å². The first kappa shape index (κ1) is 51.6. The van der Waals surface area contributed by atoms with Crippen molar-refractivity contribution >= 4 is 162 Å². The molecule has 6 aliphatic rings. The topological polar surface area (TPSA) is 37.4 Å². The van der Waals surface area contributed by atoms with E-state index >= 15 is 43.9 Å². The van der Waals surface area contributed by atoms with Crippen LogP contribution in [-0.2, 0) is 0 Å². The molecule has 10 aromatic carbocycles. The second-order valence-corrected chi connectivity index (χ2v) is 25.1. The second-order valence-electron chi connectivity index (χ2n) is 22.9. The molecule has 6 aliphatic heterocycles. The first-order valence-electron chi connectivity index (χ1n) is 27.9. The Morgan fingerprint density at radius 3 is 1.09 bits per heavy atom. The molecule has 0 N–H and O–H groups in total. The van der Waals surface area contributed by atoms with Crippen molar-refractivity contribution in [1.29, 1.82) is 0 Å². The van der Waals surface area contributed by atoms with Gasteiger partial charge < -0.3 is 28.9 Å². The molecular weight excluding hydrogens is 1180 g/mol. The third kappa shape index (κ3) is 6.82. The van der Waals surface area contributed by atoms with Gasteiger partial charge in [-0.1, -0.05) is 30.3 Å². The lowest BCUT2D eigenvalue weighted by Crippen LogP contribution is -2.65. The predicted octanol–water partition coefficient (Wildman–Crippen LogP) is 13.6. The summed E-state index contributed by atoms with van der Waals surface area (Å²) in [5.74, 6) is -7.85. The van der Waals surface area contributed by atoms with Gasteiger partial charge in [-0.05, 0) is 167 Å². The largest absolute Gasteiger partial charge is 0.458 e. The van der Waals surface area contributed by atoms with Gasteiger partial charge in [-0.25, -0.2) is 43.9 Å². The van der Waals surface area contributed by atoms with Crippen LogP contribution < -0.4 is 76.7 Å². The number of para-hydroxylation sites is 3. The normalized spacial score (nSPS) is 14.1. The molecule has 0 unspecified atom stereocenters. The molecule has 6 nitrogen and oxygen atoms in total. The van der Waals surface area contributed by atoms with E-state index in [1.165, 1.54) is 45.0 Å². The number of thiophene rings is 2. The van der Waals surface area contributed by atoms with Crippen LogP contribution in [0.2, 0.25) is 0 Å². The molecule has 0 aliphatic carbocycles. The average molecular weight is 1210 g/mol. The Bertz CT molecular complexity index is 5230. The summed E-state index contributed by atoms with van der Waals surface area (Å²) in [7, 11) is 0. The molecule has 0 fully saturated rings. The molecule has 0 spiro atoms. The van der Waals surface area contributed by atoms with Gasteiger partial charge in [-0.15, -0.1) is 22.7 Å². The van der Waals surface area contributed by atoms with Gasteiger partial charge in [-0.3, -0.25) is 0 Å². The molecule has 21 heteroatoms. The van der Waals surface area contributed by atoms with E-state index in [4.69, 9.17) is 14.2 Å². The van der Waals surface area contributed by atoms with Crippen molar-refractivity contribution in [2.45, 2.75) is 20.8 Å². The maximum atomic E-state index is 17.1. The number of halogens is 10. The van der Waals surface area contributed by atoms with E-state index in [0.29, 0.717) is 70.2 Å². The van der Waals surface area contributed by atoms with Crippen molar-refractivity contribution in [2.24, 2.45) is 0 Å². The number of rotatable bonds is 3. The van der Waals surface area contributed by atoms with E-state index in [1.807, 2.05) is 12.1 Å². The van der Waals surface area contributed by atoms with E-state index in [0.717, 1.165) is 71.2 Å². The number of hydrogen-bond acceptors (Lipinski definition) is 8. The van der Waals surface area contributed by atoms with Gasteiger partial charge in [0.2, 0.25) is 0 Å². The van der Waals surface area contributed by atoms with Gasteiger partial charge in [0.1, 0.15) is 110 Å². The molecule has 0 saturated heterocycles. The Morgan fingerprint density at radius 2 is 0.682 bits per heavy atom. The van der Waals surface area contributed by atoms with Gasteiger partial charge in [0.05, 0.1) is 10.8 Å². The van der Waals surface area contributed by atoms with Crippen LogP contribution in [-0.4, -0.2) is 20.1 Å². The van der Waals surface area contributed by atoms with Gasteiger partial charge >= 0.3 is 0 Å². The summed E-state index contributed by atoms with van der Waals surface area (Å²) < 4.78 is 187. The lowest BCUT2D eigenvalue weighted by molar-refractivity contribution is 0.487. The molecule has 0 saturated carbocycles. The van der Waals surface area contributed by atoms with Crippen LogP contribution in [0.15, 0.2) is 140 Å². The fraction of sp³-hybridized carbons (Fsp3) is 0.0448. The molecule has 2 aromatic heterocycles. The summed E-state index contributed by atoms with van der Waals surface area (Å²) in [6.45, 7) is 2.53. The molecular formula is C67H32B3F10N3O3S2. The first-order chi connectivity index (χ1) is 42.5. The van der Waals surface area contributed by atoms with Crippen LogP contribution in [0.3, 0.4) is 0 Å². The highest BCUT2D eigenvalue weighted by Gasteiger charge is 2.52. The highest BCUT2D eigenvalue weighted by molar-refractivity contribution is 7.34. The summed E-state index contributed by atoms with van der Waals surface area (Å²) >= 11 is 2.18. The molecule has 0 atom stereocenters. The molecule has 0 bridgehead atoms. The fourth-order valence-electron chi connectivity index (χ4n) is 14.5. The number of benzene rings is 10. The highest BCUT2D eigenvalue weighted by atomic mass is 32.1. The highest BCUT2D eigenvalue weighted by Crippen LogP contribution is 2.52. The average Bonchev–Trinajstić information content (AvgIpc) is 0.991. The summed E-state index contributed by atoms with van der Waals surface area (Å²) in [6, 6.07) is 31.9. The van der Waals surface area contributed by atoms with Crippen molar-refractivity contribution in [2.75, 3.05) is 14.7 Å². The zero-order chi connectivity index (χ0) is 59.9. The van der Waals surface area contributed by atoms with Gasteiger partial charge in [0.15, 0.2) is 0 Å². The third-order valence-electron chi connectivity index (χ3n) is 17.7. The summed E-state index contributed by atoms with van der Waals surface area (Å²) in [5, 5.41) is 0.0512. The number of aryl methyl sites for hydroxylation is 3. The standard InChI is InChI=1S/C67H32B3F10N3O3S2/c1-27-13-47-58-51(16-27)84-50-26-46-34(70-60-49(83(46)63-40(77)11-6-12-41(63)78)15-29(3)18-53(60)86-65-57-43(80)20-31(72)22-55(57)88-67(65)70)24-35(50)68(58)32-23-33-45(25-44(32)81(47)61-36(73)7-4-8-37(61)74)82(62-38(75)9-5-10-39(62)76)48-14-28(2)17-52-59(48)69(33)66-64(85-52)56-42(79)19-30(71)21-54(56)87-66/h4-26H,1-3H3. The zero-order valence-corrected chi connectivity index (χ0v) is 47.3. The predicted molar refractivity (Wildman–Crippen MR) is 329 cm³/mol. The summed E-state index contributed by atoms with van der Waals surface area (Å²) in [4.78, 5) is 4.31.